The van der Waals surface area contributed by atoms with Crippen LogP contribution >= 0.6 is 0 Å². The minimum Gasteiger partial charge on any atom is -0.507 e. The number of phenols is 1. The van der Waals surface area contributed by atoms with E-state index in [2.05, 4.69) is 10.3 Å². The summed E-state index contributed by atoms with van der Waals surface area (Å²) in [7, 11) is 0. The standard InChI is InChI=1S/C23H18N2O5/c1-13-10-15(24-22(27)14-6-7-19-20(11-14)29-9-8-28-19)12-16(21(13)26)23-25-17-4-2-3-5-18(17)30-23/h2-7,10-12,26H,8-9H2,1H3,(H,24,27). The average molecular weight is 402 g/mol. The SMILES string of the molecule is Cc1cc(NC(=O)c2ccc3c(c2)OCCO3)cc(-c2nc3ccccc3o2)c1O. The van der Waals surface area contributed by atoms with Gasteiger partial charge in [0.15, 0.2) is 17.1 Å². The molecule has 0 bridgehead atoms. The first kappa shape index (κ1) is 18.1. The fourth-order valence-corrected chi connectivity index (χ4v) is 3.39. The van der Waals surface area contributed by atoms with E-state index in [1.807, 2.05) is 24.3 Å². The number of aryl methyl sites for hydroxylation is 1. The number of nitrogens with one attached hydrogen (secondary N) is 1. The first-order valence-corrected chi connectivity index (χ1v) is 9.49. The number of hydrogen-bond acceptors (Lipinski definition) is 6. The second kappa shape index (κ2) is 7.11. The summed E-state index contributed by atoms with van der Waals surface area (Å²) in [6, 6.07) is 15.7. The highest BCUT2D eigenvalue weighted by Gasteiger charge is 2.18. The van der Waals surface area contributed by atoms with Crippen LogP contribution in [0.3, 0.4) is 0 Å². The van der Waals surface area contributed by atoms with E-state index in [1.165, 1.54) is 0 Å². The number of amides is 1. The first-order valence-electron chi connectivity index (χ1n) is 9.49. The van der Waals surface area contributed by atoms with Crippen molar-refractivity contribution >= 4 is 22.7 Å². The van der Waals surface area contributed by atoms with Crippen LogP contribution in [-0.2, 0) is 0 Å². The Morgan fingerprint density at radius 1 is 1.03 bits per heavy atom. The molecule has 0 unspecified atom stereocenters. The highest BCUT2D eigenvalue weighted by atomic mass is 16.6. The Bertz CT molecular complexity index is 1250. The highest BCUT2D eigenvalue weighted by molar-refractivity contribution is 6.05. The summed E-state index contributed by atoms with van der Waals surface area (Å²) >= 11 is 0. The minimum atomic E-state index is -0.305. The third-order valence-corrected chi connectivity index (χ3v) is 4.89. The molecule has 7 heteroatoms. The van der Waals surface area contributed by atoms with Gasteiger partial charge in [0.2, 0.25) is 5.89 Å². The molecular weight excluding hydrogens is 384 g/mol. The Morgan fingerprint density at radius 2 is 1.83 bits per heavy atom. The van der Waals surface area contributed by atoms with Crippen LogP contribution in [0.25, 0.3) is 22.6 Å². The summed E-state index contributed by atoms with van der Waals surface area (Å²) < 4.78 is 16.8. The predicted molar refractivity (Wildman–Crippen MR) is 111 cm³/mol. The maximum atomic E-state index is 12.8. The first-order chi connectivity index (χ1) is 14.6. The fourth-order valence-electron chi connectivity index (χ4n) is 3.39. The molecule has 2 heterocycles. The van der Waals surface area contributed by atoms with E-state index >= 15 is 0 Å². The lowest BCUT2D eigenvalue weighted by Crippen LogP contribution is -2.17. The molecule has 30 heavy (non-hydrogen) atoms. The number of benzene rings is 3. The molecule has 0 atom stereocenters. The van der Waals surface area contributed by atoms with Gasteiger partial charge in [-0.15, -0.1) is 0 Å². The molecule has 2 N–H and O–H groups in total. The smallest absolute Gasteiger partial charge is 0.255 e. The minimum absolute atomic E-state index is 0.0545. The lowest BCUT2D eigenvalue weighted by atomic mass is 10.1. The molecule has 7 nitrogen and oxygen atoms in total. The van der Waals surface area contributed by atoms with Crippen LogP contribution in [0.15, 0.2) is 59.0 Å². The van der Waals surface area contributed by atoms with Crippen LogP contribution in [0.4, 0.5) is 5.69 Å². The van der Waals surface area contributed by atoms with Crippen molar-refractivity contribution in [2.24, 2.45) is 0 Å². The van der Waals surface area contributed by atoms with Crippen LogP contribution in [0, 0.1) is 6.92 Å². The number of fused-ring (bicyclic) bond motifs is 2. The van der Waals surface area contributed by atoms with Gasteiger partial charge in [-0.05, 0) is 55.0 Å². The molecule has 1 amide bonds. The lowest BCUT2D eigenvalue weighted by molar-refractivity contribution is 0.102. The molecule has 1 aliphatic rings. The Hall–Kier alpha value is -4.00. The van der Waals surface area contributed by atoms with Gasteiger partial charge < -0.3 is 24.3 Å². The number of ether oxygens (including phenoxy) is 2. The summed E-state index contributed by atoms with van der Waals surface area (Å²) in [4.78, 5) is 17.2. The van der Waals surface area contributed by atoms with E-state index < -0.39 is 0 Å². The van der Waals surface area contributed by atoms with Gasteiger partial charge >= 0.3 is 0 Å². The maximum absolute atomic E-state index is 12.8. The van der Waals surface area contributed by atoms with Crippen molar-refractivity contribution in [2.45, 2.75) is 6.92 Å². The summed E-state index contributed by atoms with van der Waals surface area (Å²) in [5.74, 6) is 1.20. The zero-order valence-electron chi connectivity index (χ0n) is 16.1. The van der Waals surface area contributed by atoms with Crippen molar-refractivity contribution in [3.05, 3.63) is 65.7 Å². The number of hydrogen-bond donors (Lipinski definition) is 2. The maximum Gasteiger partial charge on any atom is 0.255 e. The number of carbonyl (C=O) groups excluding carboxylic acids is 1. The Morgan fingerprint density at radius 3 is 2.67 bits per heavy atom. The number of aromatic hydroxyl groups is 1. The van der Waals surface area contributed by atoms with Crippen LogP contribution < -0.4 is 14.8 Å². The van der Waals surface area contributed by atoms with Gasteiger partial charge in [0.1, 0.15) is 24.5 Å². The zero-order valence-corrected chi connectivity index (χ0v) is 16.1. The van der Waals surface area contributed by atoms with Crippen LogP contribution in [-0.4, -0.2) is 29.2 Å². The van der Waals surface area contributed by atoms with Crippen molar-refractivity contribution in [3.63, 3.8) is 0 Å². The molecule has 3 aromatic carbocycles. The summed E-state index contributed by atoms with van der Waals surface area (Å²) in [6.45, 7) is 2.69. The molecule has 1 aliphatic heterocycles. The van der Waals surface area contributed by atoms with Crippen molar-refractivity contribution in [3.8, 4) is 28.7 Å². The molecule has 0 aliphatic carbocycles. The van der Waals surface area contributed by atoms with Gasteiger partial charge in [0, 0.05) is 11.3 Å². The van der Waals surface area contributed by atoms with E-state index in [-0.39, 0.29) is 17.5 Å². The summed E-state index contributed by atoms with van der Waals surface area (Å²) in [5, 5.41) is 13.4. The quantitative estimate of drug-likeness (QED) is 0.489. The third kappa shape index (κ3) is 3.20. The second-order valence-electron chi connectivity index (χ2n) is 6.99. The number of anilines is 1. The van der Waals surface area contributed by atoms with E-state index in [1.54, 1.807) is 37.3 Å². The van der Waals surface area contributed by atoms with Crippen molar-refractivity contribution in [1.29, 1.82) is 0 Å². The van der Waals surface area contributed by atoms with Crippen LogP contribution in [0.5, 0.6) is 17.2 Å². The van der Waals surface area contributed by atoms with Gasteiger partial charge in [-0.1, -0.05) is 12.1 Å². The highest BCUT2D eigenvalue weighted by Crippen LogP contribution is 2.36. The Kier molecular flexibility index (Phi) is 4.28. The van der Waals surface area contributed by atoms with Crippen molar-refractivity contribution < 1.29 is 23.8 Å². The molecule has 5 rings (SSSR count). The number of oxazole rings is 1. The molecule has 0 saturated heterocycles. The molecule has 4 aromatic rings. The third-order valence-electron chi connectivity index (χ3n) is 4.89. The molecule has 1 aromatic heterocycles. The average Bonchev–Trinajstić information content (AvgIpc) is 3.19. The van der Waals surface area contributed by atoms with E-state index in [9.17, 15) is 9.90 Å². The van der Waals surface area contributed by atoms with Gasteiger partial charge in [-0.25, -0.2) is 4.98 Å². The van der Waals surface area contributed by atoms with E-state index in [0.29, 0.717) is 58.2 Å². The topological polar surface area (TPSA) is 93.8 Å². The normalized spacial score (nSPS) is 12.7. The van der Waals surface area contributed by atoms with Gasteiger partial charge in [-0.2, -0.15) is 0 Å². The van der Waals surface area contributed by atoms with E-state index in [0.717, 1.165) is 0 Å². The van der Waals surface area contributed by atoms with Gasteiger partial charge in [0.25, 0.3) is 5.91 Å². The monoisotopic (exact) mass is 402 g/mol. The Labute approximate surface area is 171 Å². The molecular formula is C23H18N2O5. The zero-order chi connectivity index (χ0) is 20.7. The lowest BCUT2D eigenvalue weighted by Gasteiger charge is -2.18. The largest absolute Gasteiger partial charge is 0.507 e. The molecule has 150 valence electrons. The number of rotatable bonds is 3. The number of para-hydroxylation sites is 2. The van der Waals surface area contributed by atoms with Gasteiger partial charge in [0.05, 0.1) is 5.56 Å². The number of nitrogens with zero attached hydrogens (tertiary/aromatic N) is 1. The number of carbonyl (C=O) groups is 1. The molecule has 0 radical (unpaired) electrons. The molecule has 0 fully saturated rings. The molecule has 0 spiro atoms. The van der Waals surface area contributed by atoms with Crippen molar-refractivity contribution in [2.75, 3.05) is 18.5 Å². The van der Waals surface area contributed by atoms with Crippen LogP contribution in [0.1, 0.15) is 15.9 Å². The van der Waals surface area contributed by atoms with Crippen LogP contribution in [0.2, 0.25) is 0 Å². The second-order valence-corrected chi connectivity index (χ2v) is 6.99. The number of aromatic nitrogens is 1. The Balaban J connectivity index is 1.47. The summed E-state index contributed by atoms with van der Waals surface area (Å²) in [5.41, 5.74) is 3.26. The van der Waals surface area contributed by atoms with Gasteiger partial charge in [-0.3, -0.25) is 4.79 Å². The molecule has 0 saturated carbocycles. The summed E-state index contributed by atoms with van der Waals surface area (Å²) in [6.07, 6.45) is 0. The number of phenolic OH excluding ortho intramolecular Hbond substituents is 1. The van der Waals surface area contributed by atoms with Crippen molar-refractivity contribution in [1.82, 2.24) is 4.98 Å². The predicted octanol–water partition coefficient (Wildman–Crippen LogP) is 4.53. The van der Waals surface area contributed by atoms with E-state index in [4.69, 9.17) is 13.9 Å². The fraction of sp³-hybridized carbons (Fsp3) is 0.130.